The molecule has 0 aromatic heterocycles. The fourth-order valence-corrected chi connectivity index (χ4v) is 3.75. The number of hydrogen-bond acceptors (Lipinski definition) is 4. The van der Waals surface area contributed by atoms with Gasteiger partial charge in [0.1, 0.15) is 0 Å². The van der Waals surface area contributed by atoms with Gasteiger partial charge in [-0.1, -0.05) is 6.92 Å². The largest absolute Gasteiger partial charge is 0.478 e. The number of aryl methyl sites for hydroxylation is 1. The minimum Gasteiger partial charge on any atom is -0.478 e. The van der Waals surface area contributed by atoms with Crippen molar-refractivity contribution in [3.63, 3.8) is 0 Å². The molecule has 0 radical (unpaired) electrons. The lowest BCUT2D eigenvalue weighted by atomic mass is 10.1. The maximum Gasteiger partial charge on any atom is 0.335 e. The van der Waals surface area contributed by atoms with E-state index in [1.54, 1.807) is 20.8 Å². The Hall–Kier alpha value is -1.91. The van der Waals surface area contributed by atoms with Crippen LogP contribution in [0.1, 0.15) is 34.8 Å². The first-order valence-corrected chi connectivity index (χ1v) is 7.91. The van der Waals surface area contributed by atoms with Crippen molar-refractivity contribution < 1.29 is 18.3 Å². The lowest BCUT2D eigenvalue weighted by Gasteiger charge is -2.21. The zero-order chi connectivity index (χ0) is 16.2. The Labute approximate surface area is 124 Å². The van der Waals surface area contributed by atoms with Gasteiger partial charge in [-0.2, -0.15) is 9.57 Å². The molecule has 114 valence electrons. The topological polar surface area (TPSA) is 98.5 Å². The number of nitriles is 1. The van der Waals surface area contributed by atoms with Crippen molar-refractivity contribution >= 4 is 16.0 Å². The summed E-state index contributed by atoms with van der Waals surface area (Å²) in [7, 11) is -3.81. The quantitative estimate of drug-likeness (QED) is 0.865. The number of carbonyl (C=O) groups is 1. The van der Waals surface area contributed by atoms with Gasteiger partial charge in [0.2, 0.25) is 10.0 Å². The monoisotopic (exact) mass is 310 g/mol. The van der Waals surface area contributed by atoms with E-state index in [9.17, 15) is 13.2 Å². The molecule has 0 heterocycles. The zero-order valence-electron chi connectivity index (χ0n) is 12.3. The van der Waals surface area contributed by atoms with Crippen LogP contribution in [0.5, 0.6) is 0 Å². The Balaban J connectivity index is 3.43. The minimum absolute atomic E-state index is 0.0142. The lowest BCUT2D eigenvalue weighted by Crippen LogP contribution is -2.32. The van der Waals surface area contributed by atoms with Gasteiger partial charge in [-0.05, 0) is 37.1 Å². The average Bonchev–Trinajstić information content (AvgIpc) is 2.41. The van der Waals surface area contributed by atoms with E-state index >= 15 is 0 Å². The number of hydrogen-bond donors (Lipinski definition) is 1. The summed E-state index contributed by atoms with van der Waals surface area (Å²) >= 11 is 0. The third kappa shape index (κ3) is 3.60. The molecule has 6 nitrogen and oxygen atoms in total. The summed E-state index contributed by atoms with van der Waals surface area (Å²) in [6.07, 6.45) is 0.0870. The summed E-state index contributed by atoms with van der Waals surface area (Å²) in [5.41, 5.74) is 1.06. The molecule has 0 saturated carbocycles. The summed E-state index contributed by atoms with van der Waals surface area (Å²) < 4.78 is 26.5. The summed E-state index contributed by atoms with van der Waals surface area (Å²) in [6.45, 7) is 5.31. The highest BCUT2D eigenvalue weighted by molar-refractivity contribution is 7.89. The molecular weight excluding hydrogens is 292 g/mol. The minimum atomic E-state index is -3.81. The van der Waals surface area contributed by atoms with Crippen LogP contribution in [0.4, 0.5) is 0 Å². The predicted molar refractivity (Wildman–Crippen MR) is 77.5 cm³/mol. The molecule has 0 spiro atoms. The molecule has 0 fully saturated rings. The highest BCUT2D eigenvalue weighted by Crippen LogP contribution is 2.24. The fraction of sp³-hybridized carbons (Fsp3) is 0.429. The smallest absolute Gasteiger partial charge is 0.335 e. The summed E-state index contributed by atoms with van der Waals surface area (Å²) in [5.74, 6) is -1.17. The van der Waals surface area contributed by atoms with Gasteiger partial charge in [0.25, 0.3) is 0 Å². The Morgan fingerprint density at radius 1 is 1.38 bits per heavy atom. The van der Waals surface area contributed by atoms with Gasteiger partial charge >= 0.3 is 5.97 Å². The van der Waals surface area contributed by atoms with Gasteiger partial charge in [0.15, 0.2) is 0 Å². The van der Waals surface area contributed by atoms with Gasteiger partial charge in [-0.3, -0.25) is 0 Å². The van der Waals surface area contributed by atoms with E-state index in [2.05, 4.69) is 0 Å². The standard InChI is InChI=1S/C14H18N2O4S/c1-4-16(7-5-6-15)21(19,20)13-9-12(14(17)18)8-10(2)11(13)3/h8-9H,4-5,7H2,1-3H3,(H,17,18). The summed E-state index contributed by atoms with van der Waals surface area (Å²) in [4.78, 5) is 11.1. The van der Waals surface area contributed by atoms with Gasteiger partial charge in [-0.15, -0.1) is 0 Å². The fourth-order valence-electron chi connectivity index (χ4n) is 1.98. The highest BCUT2D eigenvalue weighted by atomic mass is 32.2. The Morgan fingerprint density at radius 2 is 2.00 bits per heavy atom. The molecule has 1 N–H and O–H groups in total. The Kier molecular flexibility index (Phi) is 5.47. The van der Waals surface area contributed by atoms with Crippen molar-refractivity contribution in [2.75, 3.05) is 13.1 Å². The van der Waals surface area contributed by atoms with E-state index in [0.717, 1.165) is 0 Å². The summed E-state index contributed by atoms with van der Waals surface area (Å²) in [6, 6.07) is 4.53. The third-order valence-corrected chi connectivity index (χ3v) is 5.41. The van der Waals surface area contributed by atoms with Crippen LogP contribution in [0.2, 0.25) is 0 Å². The van der Waals surface area contributed by atoms with Crippen LogP contribution in [0.25, 0.3) is 0 Å². The molecular formula is C14H18N2O4S. The van der Waals surface area contributed by atoms with Crippen molar-refractivity contribution in [3.8, 4) is 6.07 Å². The number of carboxylic acids is 1. The van der Waals surface area contributed by atoms with Crippen LogP contribution < -0.4 is 0 Å². The van der Waals surface area contributed by atoms with Crippen LogP contribution in [0.3, 0.4) is 0 Å². The molecule has 0 unspecified atom stereocenters. The molecule has 0 saturated heterocycles. The van der Waals surface area contributed by atoms with Crippen molar-refractivity contribution in [1.29, 1.82) is 5.26 Å². The molecule has 1 aromatic carbocycles. The molecule has 0 atom stereocenters. The van der Waals surface area contributed by atoms with Crippen LogP contribution in [0.15, 0.2) is 17.0 Å². The first kappa shape index (κ1) is 17.1. The highest BCUT2D eigenvalue weighted by Gasteiger charge is 2.26. The van der Waals surface area contributed by atoms with Gasteiger partial charge in [-0.25, -0.2) is 13.2 Å². The van der Waals surface area contributed by atoms with Crippen molar-refractivity contribution in [2.45, 2.75) is 32.1 Å². The maximum atomic E-state index is 12.6. The number of rotatable bonds is 6. The second kappa shape index (κ2) is 6.70. The van der Waals surface area contributed by atoms with Gasteiger partial charge < -0.3 is 5.11 Å². The number of sulfonamides is 1. The zero-order valence-corrected chi connectivity index (χ0v) is 13.1. The summed E-state index contributed by atoms with van der Waals surface area (Å²) in [5, 5.41) is 17.7. The number of aromatic carboxylic acids is 1. The SMILES string of the molecule is CCN(CCC#N)S(=O)(=O)c1cc(C(=O)O)cc(C)c1C. The third-order valence-electron chi connectivity index (χ3n) is 3.31. The molecule has 1 aromatic rings. The predicted octanol–water partition coefficient (Wildman–Crippen LogP) is 1.93. The van der Waals surface area contributed by atoms with Crippen LogP contribution >= 0.6 is 0 Å². The van der Waals surface area contributed by atoms with Crippen LogP contribution in [-0.2, 0) is 10.0 Å². The molecule has 1 rings (SSSR count). The van der Waals surface area contributed by atoms with E-state index in [0.29, 0.717) is 11.1 Å². The first-order chi connectivity index (χ1) is 9.75. The van der Waals surface area contributed by atoms with Crippen molar-refractivity contribution in [3.05, 3.63) is 28.8 Å². The van der Waals surface area contributed by atoms with E-state index in [1.165, 1.54) is 16.4 Å². The number of nitrogens with zero attached hydrogens (tertiary/aromatic N) is 2. The van der Waals surface area contributed by atoms with E-state index < -0.39 is 16.0 Å². The molecule has 0 aliphatic carbocycles. The first-order valence-electron chi connectivity index (χ1n) is 6.47. The van der Waals surface area contributed by atoms with Crippen LogP contribution in [-0.4, -0.2) is 36.9 Å². The second-order valence-electron chi connectivity index (χ2n) is 4.63. The van der Waals surface area contributed by atoms with Crippen molar-refractivity contribution in [2.24, 2.45) is 0 Å². The van der Waals surface area contributed by atoms with Crippen LogP contribution in [0, 0.1) is 25.2 Å². The van der Waals surface area contributed by atoms with E-state index in [4.69, 9.17) is 10.4 Å². The normalized spacial score (nSPS) is 11.4. The average molecular weight is 310 g/mol. The molecule has 21 heavy (non-hydrogen) atoms. The molecule has 0 amide bonds. The Morgan fingerprint density at radius 3 is 2.48 bits per heavy atom. The maximum absolute atomic E-state index is 12.6. The molecule has 0 aliphatic heterocycles. The van der Waals surface area contributed by atoms with E-state index in [1.807, 2.05) is 6.07 Å². The number of benzene rings is 1. The molecule has 0 bridgehead atoms. The molecule has 0 aliphatic rings. The second-order valence-corrected chi connectivity index (χ2v) is 6.53. The lowest BCUT2D eigenvalue weighted by molar-refractivity contribution is 0.0696. The van der Waals surface area contributed by atoms with Gasteiger partial charge in [0.05, 0.1) is 16.5 Å². The Bertz CT molecular complexity index is 690. The number of carboxylic acid groups (broad SMARTS) is 1. The van der Waals surface area contributed by atoms with E-state index in [-0.39, 0.29) is 30.0 Å². The molecule has 7 heteroatoms. The van der Waals surface area contributed by atoms with Gasteiger partial charge in [0, 0.05) is 19.5 Å². The van der Waals surface area contributed by atoms with Crippen molar-refractivity contribution in [1.82, 2.24) is 4.31 Å².